The first-order chi connectivity index (χ1) is 8.52. The van der Waals surface area contributed by atoms with Gasteiger partial charge in [0.1, 0.15) is 0 Å². The molecule has 0 aliphatic rings. The molecule has 0 atom stereocenters. The lowest BCUT2D eigenvalue weighted by Gasteiger charge is -2.03. The third-order valence-corrected chi connectivity index (χ3v) is 2.53. The molecule has 0 fully saturated rings. The maximum Gasteiger partial charge on any atom is 0.194 e. The standard InChI is InChI=1S/C12H12F3N3/c1-16-5-8-6-18(2)17-12(8)7-3-9(13)11(15)10(14)4-7/h3-4,6,16H,5H2,1-2H3. The molecule has 1 aromatic carbocycles. The van der Waals surface area contributed by atoms with E-state index in [1.54, 1.807) is 25.0 Å². The van der Waals surface area contributed by atoms with E-state index in [-0.39, 0.29) is 5.56 Å². The van der Waals surface area contributed by atoms with Crippen molar-refractivity contribution in [1.29, 1.82) is 0 Å². The number of halogens is 3. The largest absolute Gasteiger partial charge is 0.316 e. The molecule has 0 amide bonds. The predicted molar refractivity (Wildman–Crippen MR) is 61.3 cm³/mol. The third kappa shape index (κ3) is 2.24. The highest BCUT2D eigenvalue weighted by molar-refractivity contribution is 5.63. The maximum absolute atomic E-state index is 13.2. The molecule has 0 saturated heterocycles. The Morgan fingerprint density at radius 3 is 2.39 bits per heavy atom. The summed E-state index contributed by atoms with van der Waals surface area (Å²) in [5.41, 5.74) is 1.44. The van der Waals surface area contributed by atoms with Crippen LogP contribution in [-0.4, -0.2) is 16.8 Å². The lowest BCUT2D eigenvalue weighted by molar-refractivity contribution is 0.447. The Kier molecular flexibility index (Phi) is 3.38. The number of hydrogen-bond donors (Lipinski definition) is 1. The van der Waals surface area contributed by atoms with Gasteiger partial charge < -0.3 is 5.32 Å². The molecule has 0 unspecified atom stereocenters. The molecule has 0 aliphatic heterocycles. The average Bonchev–Trinajstić information content (AvgIpc) is 2.67. The van der Waals surface area contributed by atoms with Gasteiger partial charge in [-0.25, -0.2) is 13.2 Å². The molecule has 1 N–H and O–H groups in total. The monoisotopic (exact) mass is 255 g/mol. The summed E-state index contributed by atoms with van der Waals surface area (Å²) in [6.45, 7) is 0.504. The maximum atomic E-state index is 13.2. The van der Waals surface area contributed by atoms with E-state index >= 15 is 0 Å². The molecule has 6 heteroatoms. The van der Waals surface area contributed by atoms with Crippen molar-refractivity contribution in [2.24, 2.45) is 7.05 Å². The minimum absolute atomic E-state index is 0.220. The van der Waals surface area contributed by atoms with Gasteiger partial charge in [0.05, 0.1) is 5.69 Å². The summed E-state index contributed by atoms with van der Waals surface area (Å²) in [7, 11) is 3.46. The lowest BCUT2D eigenvalue weighted by Crippen LogP contribution is -2.05. The second kappa shape index (κ2) is 4.81. The van der Waals surface area contributed by atoms with Crippen molar-refractivity contribution in [1.82, 2.24) is 15.1 Å². The fourth-order valence-corrected chi connectivity index (χ4v) is 1.79. The van der Waals surface area contributed by atoms with Gasteiger partial charge in [0.25, 0.3) is 0 Å². The fraction of sp³-hybridized carbons (Fsp3) is 0.250. The number of aromatic nitrogens is 2. The van der Waals surface area contributed by atoms with Crippen LogP contribution in [0.5, 0.6) is 0 Å². The van der Waals surface area contributed by atoms with Crippen LogP contribution in [-0.2, 0) is 13.6 Å². The summed E-state index contributed by atoms with van der Waals surface area (Å²) < 4.78 is 40.8. The van der Waals surface area contributed by atoms with Crippen LogP contribution in [0.15, 0.2) is 18.3 Å². The number of nitrogens with one attached hydrogen (secondary N) is 1. The first-order valence-electron chi connectivity index (χ1n) is 5.35. The zero-order valence-electron chi connectivity index (χ0n) is 9.97. The highest BCUT2D eigenvalue weighted by Crippen LogP contribution is 2.25. The zero-order chi connectivity index (χ0) is 13.3. The highest BCUT2D eigenvalue weighted by Gasteiger charge is 2.15. The summed E-state index contributed by atoms with van der Waals surface area (Å²) in [5, 5.41) is 7.07. The Bertz CT molecular complexity index is 555. The van der Waals surface area contributed by atoms with E-state index in [0.717, 1.165) is 17.7 Å². The van der Waals surface area contributed by atoms with Gasteiger partial charge in [0.2, 0.25) is 0 Å². The van der Waals surface area contributed by atoms with Gasteiger partial charge >= 0.3 is 0 Å². The Morgan fingerprint density at radius 2 is 1.83 bits per heavy atom. The number of benzene rings is 1. The summed E-state index contributed by atoms with van der Waals surface area (Å²) in [4.78, 5) is 0. The number of nitrogens with zero attached hydrogens (tertiary/aromatic N) is 2. The Morgan fingerprint density at radius 1 is 1.22 bits per heavy atom. The topological polar surface area (TPSA) is 29.9 Å². The first-order valence-corrected chi connectivity index (χ1v) is 5.35. The van der Waals surface area contributed by atoms with E-state index in [1.807, 2.05) is 0 Å². The molecular weight excluding hydrogens is 243 g/mol. The van der Waals surface area contributed by atoms with E-state index in [9.17, 15) is 13.2 Å². The molecule has 0 spiro atoms. The van der Waals surface area contributed by atoms with Crippen molar-refractivity contribution in [3.8, 4) is 11.3 Å². The van der Waals surface area contributed by atoms with Gasteiger partial charge in [0, 0.05) is 30.9 Å². The van der Waals surface area contributed by atoms with Gasteiger partial charge in [-0.05, 0) is 19.2 Å². The predicted octanol–water partition coefficient (Wildman–Crippen LogP) is 2.22. The number of aryl methyl sites for hydroxylation is 1. The van der Waals surface area contributed by atoms with Crippen LogP contribution < -0.4 is 5.32 Å². The molecule has 1 heterocycles. The summed E-state index contributed by atoms with van der Waals surface area (Å²) in [6, 6.07) is 1.89. The van der Waals surface area contributed by atoms with E-state index in [4.69, 9.17) is 0 Å². The highest BCUT2D eigenvalue weighted by atomic mass is 19.2. The zero-order valence-corrected chi connectivity index (χ0v) is 9.97. The molecule has 0 bridgehead atoms. The summed E-state index contributed by atoms with van der Waals surface area (Å²) in [5.74, 6) is -3.90. The SMILES string of the molecule is CNCc1cn(C)nc1-c1cc(F)c(F)c(F)c1. The molecule has 0 aliphatic carbocycles. The molecular formula is C12H12F3N3. The van der Waals surface area contributed by atoms with Crippen molar-refractivity contribution in [3.05, 3.63) is 41.3 Å². The van der Waals surface area contributed by atoms with Gasteiger partial charge in [-0.2, -0.15) is 5.10 Å². The summed E-state index contributed by atoms with van der Waals surface area (Å²) in [6.07, 6.45) is 1.74. The second-order valence-electron chi connectivity index (χ2n) is 3.96. The smallest absolute Gasteiger partial charge is 0.194 e. The van der Waals surface area contributed by atoms with Crippen LogP contribution in [0, 0.1) is 17.5 Å². The first kappa shape index (κ1) is 12.6. The van der Waals surface area contributed by atoms with Gasteiger partial charge in [-0.15, -0.1) is 0 Å². The molecule has 18 heavy (non-hydrogen) atoms. The fourth-order valence-electron chi connectivity index (χ4n) is 1.79. The quantitative estimate of drug-likeness (QED) is 0.852. The minimum Gasteiger partial charge on any atom is -0.316 e. The third-order valence-electron chi connectivity index (χ3n) is 2.53. The Labute approximate surface area is 102 Å². The van der Waals surface area contributed by atoms with E-state index in [1.165, 1.54) is 0 Å². The summed E-state index contributed by atoms with van der Waals surface area (Å²) >= 11 is 0. The van der Waals surface area contributed by atoms with E-state index in [2.05, 4.69) is 10.4 Å². The molecule has 2 aromatic rings. The van der Waals surface area contributed by atoms with Crippen molar-refractivity contribution in [2.75, 3.05) is 7.05 Å². The van der Waals surface area contributed by atoms with Crippen molar-refractivity contribution >= 4 is 0 Å². The molecule has 2 rings (SSSR count). The van der Waals surface area contributed by atoms with Crippen LogP contribution in [0.1, 0.15) is 5.56 Å². The van der Waals surface area contributed by atoms with Crippen LogP contribution in [0.3, 0.4) is 0 Å². The van der Waals surface area contributed by atoms with Crippen LogP contribution >= 0.6 is 0 Å². The average molecular weight is 255 g/mol. The Balaban J connectivity index is 2.54. The van der Waals surface area contributed by atoms with Gasteiger partial charge in [-0.3, -0.25) is 4.68 Å². The van der Waals surface area contributed by atoms with Gasteiger partial charge in [-0.1, -0.05) is 0 Å². The van der Waals surface area contributed by atoms with E-state index in [0.29, 0.717) is 12.2 Å². The van der Waals surface area contributed by atoms with Gasteiger partial charge in [0.15, 0.2) is 17.5 Å². The van der Waals surface area contributed by atoms with Crippen molar-refractivity contribution in [3.63, 3.8) is 0 Å². The normalized spacial score (nSPS) is 10.9. The van der Waals surface area contributed by atoms with Crippen LogP contribution in [0.25, 0.3) is 11.3 Å². The van der Waals surface area contributed by atoms with Crippen molar-refractivity contribution < 1.29 is 13.2 Å². The molecule has 96 valence electrons. The molecule has 0 saturated carbocycles. The number of hydrogen-bond acceptors (Lipinski definition) is 2. The minimum atomic E-state index is -1.47. The number of rotatable bonds is 3. The molecule has 1 aromatic heterocycles. The second-order valence-corrected chi connectivity index (χ2v) is 3.96. The van der Waals surface area contributed by atoms with E-state index < -0.39 is 17.5 Å². The Hall–Kier alpha value is -1.82. The lowest BCUT2D eigenvalue weighted by atomic mass is 10.1. The van der Waals surface area contributed by atoms with Crippen LogP contribution in [0.2, 0.25) is 0 Å². The van der Waals surface area contributed by atoms with Crippen LogP contribution in [0.4, 0.5) is 13.2 Å². The van der Waals surface area contributed by atoms with Crippen molar-refractivity contribution in [2.45, 2.75) is 6.54 Å². The molecule has 3 nitrogen and oxygen atoms in total. The molecule has 0 radical (unpaired) electrons.